The standard InChI is InChI=1S/C21H25NO5/c1-22(14-20(24)15-7-9-17(26-2)10-8-15)21(25)12-11-19(23)16-5-4-6-18(13-16)27-3/h4-10,13,20,24H,11-12,14H2,1-3H3. The number of nitrogens with zero attached hydrogens (tertiary/aromatic N) is 1. The van der Waals surface area contributed by atoms with Crippen LogP contribution in [0.1, 0.15) is 34.9 Å². The lowest BCUT2D eigenvalue weighted by atomic mass is 10.1. The van der Waals surface area contributed by atoms with Gasteiger partial charge in [0.15, 0.2) is 5.78 Å². The number of amides is 1. The zero-order chi connectivity index (χ0) is 19.8. The van der Waals surface area contributed by atoms with Crippen LogP contribution in [0.2, 0.25) is 0 Å². The van der Waals surface area contributed by atoms with Crippen LogP contribution < -0.4 is 9.47 Å². The number of aliphatic hydroxyl groups is 1. The molecule has 1 N–H and O–H groups in total. The Hall–Kier alpha value is -2.86. The van der Waals surface area contributed by atoms with E-state index in [1.165, 1.54) is 12.0 Å². The van der Waals surface area contributed by atoms with Crippen LogP contribution in [0.15, 0.2) is 48.5 Å². The molecule has 0 aliphatic heterocycles. The maximum absolute atomic E-state index is 12.3. The Bertz CT molecular complexity index is 772. The lowest BCUT2D eigenvalue weighted by molar-refractivity contribution is -0.131. The van der Waals surface area contributed by atoms with Gasteiger partial charge in [0, 0.05) is 25.5 Å². The Morgan fingerprint density at radius 1 is 1.00 bits per heavy atom. The number of Topliss-reactive ketones (excluding diaryl/α,β-unsaturated/α-hetero) is 1. The molecule has 144 valence electrons. The van der Waals surface area contributed by atoms with Gasteiger partial charge in [0.25, 0.3) is 0 Å². The third-order valence-electron chi connectivity index (χ3n) is 4.33. The first-order valence-corrected chi connectivity index (χ1v) is 8.68. The van der Waals surface area contributed by atoms with Crippen LogP contribution in [-0.4, -0.2) is 49.5 Å². The number of carbonyl (C=O) groups is 2. The van der Waals surface area contributed by atoms with Crippen LogP contribution in [-0.2, 0) is 4.79 Å². The van der Waals surface area contributed by atoms with Crippen molar-refractivity contribution in [2.45, 2.75) is 18.9 Å². The zero-order valence-corrected chi connectivity index (χ0v) is 15.8. The summed E-state index contributed by atoms with van der Waals surface area (Å²) in [5.41, 5.74) is 1.21. The van der Waals surface area contributed by atoms with Crippen LogP contribution in [0.25, 0.3) is 0 Å². The molecule has 6 heteroatoms. The molecule has 1 atom stereocenters. The number of rotatable bonds is 9. The van der Waals surface area contributed by atoms with Gasteiger partial charge in [0.05, 0.1) is 26.9 Å². The molecular weight excluding hydrogens is 346 g/mol. The molecule has 0 heterocycles. The molecule has 0 saturated carbocycles. The van der Waals surface area contributed by atoms with Crippen LogP contribution in [0.3, 0.4) is 0 Å². The number of benzene rings is 2. The summed E-state index contributed by atoms with van der Waals surface area (Å²) in [5.74, 6) is 0.989. The molecule has 1 amide bonds. The van der Waals surface area contributed by atoms with E-state index in [0.29, 0.717) is 22.6 Å². The molecule has 0 aliphatic carbocycles. The molecule has 0 aliphatic rings. The fraction of sp³-hybridized carbons (Fsp3) is 0.333. The number of aliphatic hydroxyl groups excluding tert-OH is 1. The summed E-state index contributed by atoms with van der Waals surface area (Å²) in [6.45, 7) is 0.151. The number of hydrogen-bond donors (Lipinski definition) is 1. The first kappa shape index (κ1) is 20.5. The van der Waals surface area contributed by atoms with Crippen molar-refractivity contribution >= 4 is 11.7 Å². The minimum atomic E-state index is -0.807. The van der Waals surface area contributed by atoms with Gasteiger partial charge in [0.2, 0.25) is 5.91 Å². The summed E-state index contributed by atoms with van der Waals surface area (Å²) in [5, 5.41) is 10.3. The van der Waals surface area contributed by atoms with Gasteiger partial charge in [0.1, 0.15) is 11.5 Å². The minimum Gasteiger partial charge on any atom is -0.497 e. The Balaban J connectivity index is 1.86. The van der Waals surface area contributed by atoms with Gasteiger partial charge >= 0.3 is 0 Å². The molecule has 2 aromatic rings. The van der Waals surface area contributed by atoms with Gasteiger partial charge in [-0.3, -0.25) is 9.59 Å². The van der Waals surface area contributed by atoms with Gasteiger partial charge in [-0.1, -0.05) is 24.3 Å². The number of carbonyl (C=O) groups excluding carboxylic acids is 2. The summed E-state index contributed by atoms with van der Waals surface area (Å²) in [7, 11) is 4.73. The second kappa shape index (κ2) is 9.73. The molecule has 0 spiro atoms. The third kappa shape index (κ3) is 5.82. The molecule has 1 unspecified atom stereocenters. The van der Waals surface area contributed by atoms with Gasteiger partial charge in [-0.25, -0.2) is 0 Å². The monoisotopic (exact) mass is 371 g/mol. The van der Waals surface area contributed by atoms with Gasteiger partial charge < -0.3 is 19.5 Å². The second-order valence-electron chi connectivity index (χ2n) is 6.22. The summed E-state index contributed by atoms with van der Waals surface area (Å²) >= 11 is 0. The average Bonchev–Trinajstić information content (AvgIpc) is 2.71. The fourth-order valence-corrected chi connectivity index (χ4v) is 2.64. The number of hydrogen-bond acceptors (Lipinski definition) is 5. The summed E-state index contributed by atoms with van der Waals surface area (Å²) < 4.78 is 10.2. The van der Waals surface area contributed by atoms with Crippen LogP contribution >= 0.6 is 0 Å². The highest BCUT2D eigenvalue weighted by atomic mass is 16.5. The van der Waals surface area contributed by atoms with E-state index in [9.17, 15) is 14.7 Å². The van der Waals surface area contributed by atoms with Gasteiger partial charge in [-0.15, -0.1) is 0 Å². The van der Waals surface area contributed by atoms with Crippen LogP contribution in [0, 0.1) is 0 Å². The highest BCUT2D eigenvalue weighted by molar-refractivity contribution is 5.98. The maximum Gasteiger partial charge on any atom is 0.222 e. The molecular formula is C21H25NO5. The second-order valence-corrected chi connectivity index (χ2v) is 6.22. The molecule has 27 heavy (non-hydrogen) atoms. The highest BCUT2D eigenvalue weighted by Gasteiger charge is 2.17. The van der Waals surface area contributed by atoms with Crippen LogP contribution in [0.4, 0.5) is 0 Å². The topological polar surface area (TPSA) is 76.1 Å². The van der Waals surface area contributed by atoms with Crippen molar-refractivity contribution < 1.29 is 24.2 Å². The number of methoxy groups -OCH3 is 2. The third-order valence-corrected chi connectivity index (χ3v) is 4.33. The molecule has 0 bridgehead atoms. The lowest BCUT2D eigenvalue weighted by Gasteiger charge is -2.21. The van der Waals surface area contributed by atoms with E-state index < -0.39 is 6.10 Å². The summed E-state index contributed by atoms with van der Waals surface area (Å²) in [6, 6.07) is 13.9. The Morgan fingerprint density at radius 3 is 2.30 bits per heavy atom. The maximum atomic E-state index is 12.3. The SMILES string of the molecule is COc1ccc(C(O)CN(C)C(=O)CCC(=O)c2cccc(OC)c2)cc1. The Kier molecular flexibility index (Phi) is 7.37. The predicted molar refractivity (Wildman–Crippen MR) is 102 cm³/mol. The van der Waals surface area contributed by atoms with Crippen molar-refractivity contribution in [3.05, 3.63) is 59.7 Å². The number of likely N-dealkylation sites (N-methyl/N-ethyl adjacent to an activating group) is 1. The van der Waals surface area contributed by atoms with Crippen LogP contribution in [0.5, 0.6) is 11.5 Å². The number of ketones is 1. The molecule has 0 fully saturated rings. The van der Waals surface area contributed by atoms with E-state index in [1.807, 2.05) is 0 Å². The molecule has 0 radical (unpaired) electrons. The molecule has 2 aromatic carbocycles. The fourth-order valence-electron chi connectivity index (χ4n) is 2.64. The van der Waals surface area contributed by atoms with E-state index in [0.717, 1.165) is 0 Å². The van der Waals surface area contributed by atoms with Crippen molar-refractivity contribution in [1.29, 1.82) is 0 Å². The van der Waals surface area contributed by atoms with E-state index in [-0.39, 0.29) is 31.1 Å². The Morgan fingerprint density at radius 2 is 1.67 bits per heavy atom. The normalized spacial score (nSPS) is 11.6. The smallest absolute Gasteiger partial charge is 0.222 e. The van der Waals surface area contributed by atoms with E-state index in [1.54, 1.807) is 62.7 Å². The van der Waals surface area contributed by atoms with Crippen molar-refractivity contribution in [3.63, 3.8) is 0 Å². The van der Waals surface area contributed by atoms with E-state index in [4.69, 9.17) is 9.47 Å². The van der Waals surface area contributed by atoms with Crippen molar-refractivity contribution in [1.82, 2.24) is 4.90 Å². The number of ether oxygens (including phenoxy) is 2. The molecule has 6 nitrogen and oxygen atoms in total. The minimum absolute atomic E-state index is 0.0852. The van der Waals surface area contributed by atoms with Crippen molar-refractivity contribution in [3.8, 4) is 11.5 Å². The first-order valence-electron chi connectivity index (χ1n) is 8.68. The molecule has 0 aromatic heterocycles. The largest absolute Gasteiger partial charge is 0.497 e. The van der Waals surface area contributed by atoms with Gasteiger partial charge in [-0.05, 0) is 29.8 Å². The average molecular weight is 371 g/mol. The first-order chi connectivity index (χ1) is 12.9. The summed E-state index contributed by atoms with van der Waals surface area (Å²) in [6.07, 6.45) is -0.615. The van der Waals surface area contributed by atoms with Crippen molar-refractivity contribution in [2.75, 3.05) is 27.8 Å². The molecule has 0 saturated heterocycles. The van der Waals surface area contributed by atoms with E-state index in [2.05, 4.69) is 0 Å². The Labute approximate surface area is 159 Å². The van der Waals surface area contributed by atoms with Gasteiger partial charge in [-0.2, -0.15) is 0 Å². The quantitative estimate of drug-likeness (QED) is 0.686. The lowest BCUT2D eigenvalue weighted by Crippen LogP contribution is -2.31. The highest BCUT2D eigenvalue weighted by Crippen LogP contribution is 2.19. The predicted octanol–water partition coefficient (Wildman–Crippen LogP) is 2.86. The van der Waals surface area contributed by atoms with Crippen molar-refractivity contribution in [2.24, 2.45) is 0 Å². The zero-order valence-electron chi connectivity index (χ0n) is 15.8. The molecule has 2 rings (SSSR count). The summed E-state index contributed by atoms with van der Waals surface area (Å²) in [4.78, 5) is 26.0. The van der Waals surface area contributed by atoms with E-state index >= 15 is 0 Å².